The Morgan fingerprint density at radius 2 is 1.45 bits per heavy atom. The lowest BCUT2D eigenvalue weighted by Gasteiger charge is -2.48. The number of hydrogen-bond acceptors (Lipinski definition) is 1. The van der Waals surface area contributed by atoms with Gasteiger partial charge in [0.1, 0.15) is 0 Å². The van der Waals surface area contributed by atoms with Crippen molar-refractivity contribution in [3.63, 3.8) is 0 Å². The summed E-state index contributed by atoms with van der Waals surface area (Å²) >= 11 is 1.39. The summed E-state index contributed by atoms with van der Waals surface area (Å²) in [6.45, 7) is 1.12. The number of nitrogens with zero attached hydrogens (tertiary/aromatic N) is 1. The van der Waals surface area contributed by atoms with Crippen LogP contribution in [0.4, 0.5) is 39.5 Å². The molecule has 0 bridgehead atoms. The quantitative estimate of drug-likeness (QED) is 0.309. The molecular formula is C18H10F9IN. The number of rotatable bonds is 3. The van der Waals surface area contributed by atoms with E-state index in [1.807, 2.05) is 0 Å². The largest absolute Gasteiger partial charge is 0.457 e. The first-order chi connectivity index (χ1) is 13.0. The van der Waals surface area contributed by atoms with Gasteiger partial charge in [-0.1, -0.05) is 35.9 Å². The van der Waals surface area contributed by atoms with E-state index >= 15 is 4.39 Å². The molecule has 0 aliphatic heterocycles. The van der Waals surface area contributed by atoms with Crippen molar-refractivity contribution < 1.29 is 39.5 Å². The molecule has 0 N–H and O–H groups in total. The Balaban J connectivity index is 3.13. The van der Waals surface area contributed by atoms with E-state index in [-0.39, 0.29) is 9.15 Å². The predicted octanol–water partition coefficient (Wildman–Crippen LogP) is 6.75. The third kappa shape index (κ3) is 3.43. The van der Waals surface area contributed by atoms with Crippen LogP contribution in [-0.2, 0) is 5.41 Å². The predicted molar refractivity (Wildman–Crippen MR) is 93.9 cm³/mol. The molecule has 0 amide bonds. The Bertz CT molecular complexity index is 887. The van der Waals surface area contributed by atoms with Crippen molar-refractivity contribution in [1.29, 1.82) is 5.26 Å². The van der Waals surface area contributed by atoms with Gasteiger partial charge in [0.2, 0.25) is 0 Å². The molecule has 0 aromatic heterocycles. The summed E-state index contributed by atoms with van der Waals surface area (Å²) in [4.78, 5) is 0. The first kappa shape index (κ1) is 23.6. The lowest BCUT2D eigenvalue weighted by molar-refractivity contribution is -0.392. The zero-order valence-electron chi connectivity index (χ0n) is 14.3. The second-order valence-electron chi connectivity index (χ2n) is 6.32. The second-order valence-corrected chi connectivity index (χ2v) is 7.56. The van der Waals surface area contributed by atoms with Gasteiger partial charge in [-0.2, -0.15) is 40.4 Å². The zero-order valence-corrected chi connectivity index (χ0v) is 16.4. The highest BCUT2D eigenvalue weighted by molar-refractivity contribution is 14.1. The first-order valence-corrected chi connectivity index (χ1v) is 8.75. The van der Waals surface area contributed by atoms with Crippen LogP contribution < -0.4 is 0 Å². The normalized spacial score (nSPS) is 23.0. The molecule has 0 spiro atoms. The Kier molecular flexibility index (Phi) is 5.86. The van der Waals surface area contributed by atoms with Gasteiger partial charge in [0.05, 0.1) is 17.0 Å². The summed E-state index contributed by atoms with van der Waals surface area (Å²) in [5, 5.41) is 9.21. The van der Waals surface area contributed by atoms with Gasteiger partial charge in [-0.05, 0) is 44.7 Å². The minimum atomic E-state index is -6.87. The van der Waals surface area contributed by atoms with Crippen molar-refractivity contribution >= 4 is 22.6 Å². The standard InChI is InChI=1S/C18H10F9IN/c1-10-6-12(28)8-14(7-10,13-5-3-2-4-11(13)9-29)15(19,17(22,23)24)16(20,21)18(25,26)27/h2-8H,1H3. The first-order valence-electron chi connectivity index (χ1n) is 7.67. The number of benzene rings is 1. The molecule has 1 nitrogen and oxygen atoms in total. The highest BCUT2D eigenvalue weighted by atomic mass is 127. The van der Waals surface area contributed by atoms with Crippen LogP contribution in [0.5, 0.6) is 0 Å². The monoisotopic (exact) mass is 538 g/mol. The molecule has 29 heavy (non-hydrogen) atoms. The van der Waals surface area contributed by atoms with E-state index < -0.39 is 40.5 Å². The maximum Gasteiger partial charge on any atom is 0.457 e. The van der Waals surface area contributed by atoms with Crippen LogP contribution in [0, 0.1) is 17.8 Å². The van der Waals surface area contributed by atoms with Gasteiger partial charge >= 0.3 is 18.3 Å². The van der Waals surface area contributed by atoms with Gasteiger partial charge in [0.25, 0.3) is 5.67 Å². The average Bonchev–Trinajstić information content (AvgIpc) is 2.57. The molecule has 0 saturated heterocycles. The Labute approximate surface area is 173 Å². The maximum atomic E-state index is 15.7. The number of hydrogen-bond donors (Lipinski definition) is 0. The Morgan fingerprint density at radius 3 is 1.90 bits per heavy atom. The fourth-order valence-corrected chi connectivity index (χ4v) is 4.25. The van der Waals surface area contributed by atoms with E-state index in [1.165, 1.54) is 35.1 Å². The van der Waals surface area contributed by atoms with Gasteiger partial charge < -0.3 is 0 Å². The van der Waals surface area contributed by atoms with Crippen LogP contribution in [0.3, 0.4) is 0 Å². The van der Waals surface area contributed by atoms with Crippen LogP contribution in [0.15, 0.2) is 45.6 Å². The highest BCUT2D eigenvalue weighted by Gasteiger charge is 2.87. The van der Waals surface area contributed by atoms with E-state index in [9.17, 15) is 40.4 Å². The highest BCUT2D eigenvalue weighted by Crippen LogP contribution is 2.63. The van der Waals surface area contributed by atoms with Gasteiger partial charge in [-0.3, -0.25) is 0 Å². The lowest BCUT2D eigenvalue weighted by Crippen LogP contribution is -2.71. The molecule has 0 fully saturated rings. The minimum absolute atomic E-state index is 0.186. The molecule has 157 valence electrons. The smallest absolute Gasteiger partial charge is 0.225 e. The van der Waals surface area contributed by atoms with Crippen molar-refractivity contribution in [1.82, 2.24) is 0 Å². The van der Waals surface area contributed by atoms with Gasteiger partial charge in [0.15, 0.2) is 0 Å². The van der Waals surface area contributed by atoms with E-state index in [1.54, 1.807) is 0 Å². The minimum Gasteiger partial charge on any atom is -0.225 e. The molecule has 1 aliphatic rings. The second kappa shape index (κ2) is 7.21. The number of halogens is 10. The molecule has 1 aliphatic carbocycles. The average molecular weight is 538 g/mol. The van der Waals surface area contributed by atoms with Crippen LogP contribution in [0.1, 0.15) is 18.1 Å². The van der Waals surface area contributed by atoms with E-state index in [0.717, 1.165) is 31.2 Å². The summed E-state index contributed by atoms with van der Waals surface area (Å²) in [7, 11) is 0. The molecule has 1 aromatic rings. The van der Waals surface area contributed by atoms with Gasteiger partial charge in [-0.25, -0.2) is 4.39 Å². The van der Waals surface area contributed by atoms with Gasteiger partial charge in [0, 0.05) is 6.42 Å². The van der Waals surface area contributed by atoms with Crippen molar-refractivity contribution in [2.45, 2.75) is 36.3 Å². The van der Waals surface area contributed by atoms with Crippen molar-refractivity contribution in [3.05, 3.63) is 63.1 Å². The van der Waals surface area contributed by atoms with Gasteiger partial charge in [-0.15, -0.1) is 0 Å². The SMILES string of the molecule is CC1=CC(c2ccccc2C#N)(C(F)(C(F)(F)F)C(F)(F)C(F)(F)F)C=C(I)[CH]1. The maximum absolute atomic E-state index is 15.7. The molecule has 2 unspecified atom stereocenters. The van der Waals surface area contributed by atoms with E-state index in [0.29, 0.717) is 12.2 Å². The number of alkyl halides is 9. The molecule has 1 aromatic carbocycles. The number of nitriles is 1. The van der Waals surface area contributed by atoms with Crippen molar-refractivity contribution in [3.8, 4) is 6.07 Å². The summed E-state index contributed by atoms with van der Waals surface area (Å²) < 4.78 is 125. The van der Waals surface area contributed by atoms with Crippen molar-refractivity contribution in [2.75, 3.05) is 0 Å². The fourth-order valence-electron chi connectivity index (χ4n) is 3.27. The third-order valence-corrected chi connectivity index (χ3v) is 5.05. The van der Waals surface area contributed by atoms with Crippen LogP contribution in [-0.4, -0.2) is 23.9 Å². The summed E-state index contributed by atoms with van der Waals surface area (Å²) in [5.74, 6) is -6.84. The number of allylic oxidation sites excluding steroid dienone is 4. The summed E-state index contributed by atoms with van der Waals surface area (Å²) in [6, 6.07) is 5.23. The summed E-state index contributed by atoms with van der Waals surface area (Å²) in [6.07, 6.45) is -11.7. The lowest BCUT2D eigenvalue weighted by atomic mass is 9.61. The molecule has 0 saturated carbocycles. The molecular weight excluding hydrogens is 528 g/mol. The Morgan fingerprint density at radius 1 is 0.897 bits per heavy atom. The zero-order chi connectivity index (χ0) is 22.5. The van der Waals surface area contributed by atoms with Crippen LogP contribution >= 0.6 is 22.6 Å². The van der Waals surface area contributed by atoms with Crippen molar-refractivity contribution in [2.24, 2.45) is 0 Å². The summed E-state index contributed by atoms with van der Waals surface area (Å²) in [5.41, 5.74) is -11.6. The molecule has 1 radical (unpaired) electrons. The third-order valence-electron chi connectivity index (χ3n) is 4.43. The molecule has 2 rings (SSSR count). The fraction of sp³-hybridized carbons (Fsp3) is 0.333. The molecule has 2 atom stereocenters. The molecule has 11 heteroatoms. The van der Waals surface area contributed by atoms with E-state index in [2.05, 4.69) is 0 Å². The molecule has 0 heterocycles. The van der Waals surface area contributed by atoms with Crippen LogP contribution in [0.25, 0.3) is 0 Å². The Hall–Kier alpha value is -1.71. The van der Waals surface area contributed by atoms with E-state index in [4.69, 9.17) is 0 Å². The van der Waals surface area contributed by atoms with Crippen LogP contribution in [0.2, 0.25) is 0 Å². The topological polar surface area (TPSA) is 23.8 Å².